The second-order valence-corrected chi connectivity index (χ2v) is 2.52. The lowest BCUT2D eigenvalue weighted by Gasteiger charge is -1.98. The van der Waals surface area contributed by atoms with Gasteiger partial charge in [-0.2, -0.15) is 0 Å². The number of aromatic nitrogens is 2. The highest BCUT2D eigenvalue weighted by Gasteiger charge is 2.15. The van der Waals surface area contributed by atoms with Gasteiger partial charge in [0, 0.05) is 6.92 Å². The molecule has 16 heavy (non-hydrogen) atoms. The molecule has 0 aliphatic carbocycles. The average Bonchev–Trinajstić information content (AvgIpc) is 2.48. The predicted molar refractivity (Wildman–Crippen MR) is 51.1 cm³/mol. The minimum Gasteiger partial charge on any atom is -0.392 e. The lowest BCUT2D eigenvalue weighted by atomic mass is 10.6. The van der Waals surface area contributed by atoms with Crippen LogP contribution in [-0.2, 0) is 6.54 Å². The minimum absolute atomic E-state index is 0.0819. The van der Waals surface area contributed by atoms with Crippen molar-refractivity contribution in [3.05, 3.63) is 37.5 Å². The number of hydrogen-bond donors (Lipinski definition) is 1. The summed E-state index contributed by atoms with van der Waals surface area (Å²) in [6, 6.07) is 0. The van der Waals surface area contributed by atoms with Gasteiger partial charge in [0.25, 0.3) is 0 Å². The van der Waals surface area contributed by atoms with Crippen LogP contribution in [0.15, 0.2) is 6.20 Å². The molecule has 0 aromatic carbocycles. The molecule has 0 atom stereocenters. The van der Waals surface area contributed by atoms with E-state index in [9.17, 15) is 10.1 Å². The average molecular weight is 233 g/mol. The highest BCUT2D eigenvalue weighted by atomic mass is 16.9. The van der Waals surface area contributed by atoms with Gasteiger partial charge in [-0.15, -0.1) is 0 Å². The van der Waals surface area contributed by atoms with Gasteiger partial charge in [0.2, 0.25) is 0 Å². The Kier molecular flexibility index (Phi) is 5.41. The van der Waals surface area contributed by atoms with E-state index in [0.717, 1.165) is 0 Å². The van der Waals surface area contributed by atoms with Crippen LogP contribution in [0.2, 0.25) is 0 Å². The topological polar surface area (TPSA) is 147 Å². The number of nitrogens with zero attached hydrogens (tertiary/aromatic N) is 4. The summed E-state index contributed by atoms with van der Waals surface area (Å²) >= 11 is 0. The van der Waals surface area contributed by atoms with Gasteiger partial charge >= 0.3 is 5.82 Å². The maximum Gasteiger partial charge on any atom is 0.342 e. The van der Waals surface area contributed by atoms with E-state index in [0.29, 0.717) is 5.82 Å². The molecule has 0 fully saturated rings. The molecule has 10 nitrogen and oxygen atoms in total. The molecular weight excluding hydrogens is 224 g/mol. The molecule has 1 rings (SSSR count). The maximum absolute atomic E-state index is 10.4. The van der Waals surface area contributed by atoms with Crippen LogP contribution in [0.1, 0.15) is 5.82 Å². The standard InChI is InChI=1S/C6H9N3O3.NO3/c1-5-7-4-6(9(11)12)8(5)2-3-10;2-1(3)4/h4,10H,2-3H2,1H3;/q;-1. The first kappa shape index (κ1) is 13.8. The zero-order chi connectivity index (χ0) is 12.7. The highest BCUT2D eigenvalue weighted by molar-refractivity contribution is 5.18. The Hall–Kier alpha value is -2.23. The Morgan fingerprint density at radius 1 is 1.44 bits per heavy atom. The molecule has 0 saturated heterocycles. The molecule has 1 N–H and O–H groups in total. The van der Waals surface area contributed by atoms with Crippen molar-refractivity contribution in [2.45, 2.75) is 13.5 Å². The summed E-state index contributed by atoms with van der Waals surface area (Å²) in [7, 11) is 0. The Balaban J connectivity index is 0.000000487. The number of aliphatic hydroxyl groups excluding tert-OH is 1. The van der Waals surface area contributed by atoms with Crippen molar-refractivity contribution >= 4 is 5.82 Å². The van der Waals surface area contributed by atoms with Crippen molar-refractivity contribution < 1.29 is 15.1 Å². The van der Waals surface area contributed by atoms with Crippen LogP contribution in [0.5, 0.6) is 0 Å². The van der Waals surface area contributed by atoms with Crippen molar-refractivity contribution in [1.29, 1.82) is 0 Å². The largest absolute Gasteiger partial charge is 0.392 e. The Morgan fingerprint density at radius 2 is 1.94 bits per heavy atom. The lowest BCUT2D eigenvalue weighted by Crippen LogP contribution is -2.07. The summed E-state index contributed by atoms with van der Waals surface area (Å²) in [5.41, 5.74) is 0. The van der Waals surface area contributed by atoms with Crippen LogP contribution < -0.4 is 0 Å². The number of rotatable bonds is 3. The molecular formula is C6H9N4O6-. The van der Waals surface area contributed by atoms with Crippen LogP contribution in [-0.4, -0.2) is 31.3 Å². The summed E-state index contributed by atoms with van der Waals surface area (Å²) in [6.07, 6.45) is 1.19. The zero-order valence-electron chi connectivity index (χ0n) is 8.27. The van der Waals surface area contributed by atoms with Crippen molar-refractivity contribution in [1.82, 2.24) is 9.55 Å². The predicted octanol–water partition coefficient (Wildman–Crippen LogP) is -0.147. The number of hydrogen-bond acceptors (Lipinski definition) is 7. The van der Waals surface area contributed by atoms with E-state index in [4.69, 9.17) is 20.4 Å². The van der Waals surface area contributed by atoms with Crippen LogP contribution >= 0.6 is 0 Å². The Bertz CT molecular complexity index is 371. The van der Waals surface area contributed by atoms with Crippen molar-refractivity contribution in [2.24, 2.45) is 0 Å². The third-order valence-electron chi connectivity index (χ3n) is 1.54. The molecule has 90 valence electrons. The van der Waals surface area contributed by atoms with Crippen molar-refractivity contribution in [3.8, 4) is 0 Å². The minimum atomic E-state index is -1.75. The Morgan fingerprint density at radius 3 is 2.31 bits per heavy atom. The fourth-order valence-corrected chi connectivity index (χ4v) is 0.978. The third-order valence-corrected chi connectivity index (χ3v) is 1.54. The molecule has 0 aliphatic heterocycles. The normalized spacial score (nSPS) is 9.12. The summed E-state index contributed by atoms with van der Waals surface area (Å²) in [4.78, 5) is 21.9. The van der Waals surface area contributed by atoms with E-state index in [1.54, 1.807) is 6.92 Å². The monoisotopic (exact) mass is 233 g/mol. The molecule has 0 saturated carbocycles. The maximum atomic E-state index is 10.4. The van der Waals surface area contributed by atoms with Gasteiger partial charge in [0.1, 0.15) is 12.7 Å². The molecule has 0 spiro atoms. The first-order valence-corrected chi connectivity index (χ1v) is 3.99. The lowest BCUT2D eigenvalue weighted by molar-refractivity contribution is -0.402. The number of aliphatic hydroxyl groups is 1. The molecule has 0 bridgehead atoms. The molecule has 0 aliphatic rings. The molecule has 1 aromatic heterocycles. The Labute approximate surface area is 89.0 Å². The van der Waals surface area contributed by atoms with Gasteiger partial charge in [-0.1, -0.05) is 0 Å². The van der Waals surface area contributed by atoms with E-state index in [1.165, 1.54) is 10.8 Å². The molecule has 10 heteroatoms. The van der Waals surface area contributed by atoms with Gasteiger partial charge in [-0.05, 0) is 4.92 Å². The third kappa shape index (κ3) is 4.32. The zero-order valence-corrected chi connectivity index (χ0v) is 8.27. The van der Waals surface area contributed by atoms with E-state index in [-0.39, 0.29) is 19.0 Å². The van der Waals surface area contributed by atoms with Crippen molar-refractivity contribution in [3.63, 3.8) is 0 Å². The first-order chi connectivity index (χ1) is 7.40. The van der Waals surface area contributed by atoms with E-state index in [1.807, 2.05) is 0 Å². The summed E-state index contributed by atoms with van der Waals surface area (Å²) < 4.78 is 1.36. The van der Waals surface area contributed by atoms with Gasteiger partial charge in [-0.25, -0.2) is 9.55 Å². The van der Waals surface area contributed by atoms with Gasteiger partial charge < -0.3 is 30.5 Å². The van der Waals surface area contributed by atoms with E-state index >= 15 is 0 Å². The number of imidazole rings is 1. The summed E-state index contributed by atoms with van der Waals surface area (Å²) in [5, 5.41) is 33.7. The SMILES string of the molecule is Cc1ncc([N+](=O)[O-])n1CCO.O=[N+]([O-])[O-]. The van der Waals surface area contributed by atoms with Crippen molar-refractivity contribution in [2.75, 3.05) is 6.61 Å². The fraction of sp³-hybridized carbons (Fsp3) is 0.500. The van der Waals surface area contributed by atoms with Gasteiger partial charge in [-0.3, -0.25) is 0 Å². The molecule has 1 aromatic rings. The first-order valence-electron chi connectivity index (χ1n) is 3.99. The van der Waals surface area contributed by atoms with Crippen LogP contribution in [0, 0.1) is 32.4 Å². The molecule has 0 amide bonds. The molecule has 1 heterocycles. The van der Waals surface area contributed by atoms with E-state index in [2.05, 4.69) is 4.98 Å². The summed E-state index contributed by atoms with van der Waals surface area (Å²) in [5.74, 6) is 0.456. The van der Waals surface area contributed by atoms with Crippen LogP contribution in [0.25, 0.3) is 0 Å². The second kappa shape index (κ2) is 6.29. The fourth-order valence-electron chi connectivity index (χ4n) is 0.978. The highest BCUT2D eigenvalue weighted by Crippen LogP contribution is 2.12. The number of aryl methyl sites for hydroxylation is 1. The number of nitro groups is 1. The smallest absolute Gasteiger partial charge is 0.342 e. The summed E-state index contributed by atoms with van der Waals surface area (Å²) in [6.45, 7) is 1.74. The second-order valence-electron chi connectivity index (χ2n) is 2.52. The van der Waals surface area contributed by atoms with E-state index < -0.39 is 10.0 Å². The molecule has 0 unspecified atom stereocenters. The van der Waals surface area contributed by atoms with Gasteiger partial charge in [0.15, 0.2) is 5.82 Å². The van der Waals surface area contributed by atoms with Gasteiger partial charge in [0.05, 0.1) is 11.7 Å². The van der Waals surface area contributed by atoms with Crippen LogP contribution in [0.4, 0.5) is 5.82 Å². The quantitative estimate of drug-likeness (QED) is 0.563. The van der Waals surface area contributed by atoms with Crippen LogP contribution in [0.3, 0.4) is 0 Å². The molecule has 0 radical (unpaired) electrons.